The maximum atomic E-state index is 11.6. The summed E-state index contributed by atoms with van der Waals surface area (Å²) in [5.41, 5.74) is -0.846. The van der Waals surface area contributed by atoms with E-state index in [1.807, 2.05) is 0 Å². The highest BCUT2D eigenvalue weighted by atomic mass is 16.5. The van der Waals surface area contributed by atoms with Gasteiger partial charge in [-0.1, -0.05) is 0 Å². The van der Waals surface area contributed by atoms with Crippen molar-refractivity contribution in [1.29, 1.82) is 0 Å². The lowest BCUT2D eigenvalue weighted by Crippen LogP contribution is -2.45. The van der Waals surface area contributed by atoms with Crippen LogP contribution in [0.2, 0.25) is 0 Å². The molecule has 0 spiro atoms. The van der Waals surface area contributed by atoms with Crippen LogP contribution in [-0.4, -0.2) is 49.5 Å². The van der Waals surface area contributed by atoms with Crippen LogP contribution in [0.15, 0.2) is 0 Å². The van der Waals surface area contributed by atoms with Gasteiger partial charge < -0.3 is 20.5 Å². The van der Waals surface area contributed by atoms with Gasteiger partial charge in [0.1, 0.15) is 5.60 Å². The van der Waals surface area contributed by atoms with E-state index in [1.54, 1.807) is 0 Å². The average Bonchev–Trinajstić information content (AvgIpc) is 2.85. The van der Waals surface area contributed by atoms with Crippen molar-refractivity contribution in [3.05, 3.63) is 0 Å². The van der Waals surface area contributed by atoms with Crippen LogP contribution in [0.3, 0.4) is 0 Å². The maximum Gasteiger partial charge on any atom is 0.224 e. The zero-order valence-electron chi connectivity index (χ0n) is 8.79. The molecule has 2 fully saturated rings. The molecule has 2 aliphatic rings. The van der Waals surface area contributed by atoms with Crippen LogP contribution in [0.4, 0.5) is 0 Å². The van der Waals surface area contributed by atoms with Gasteiger partial charge in [-0.3, -0.25) is 4.79 Å². The molecule has 15 heavy (non-hydrogen) atoms. The van der Waals surface area contributed by atoms with Gasteiger partial charge in [0.25, 0.3) is 0 Å². The molecule has 0 bridgehead atoms. The van der Waals surface area contributed by atoms with Gasteiger partial charge in [-0.2, -0.15) is 0 Å². The van der Waals surface area contributed by atoms with E-state index >= 15 is 0 Å². The molecule has 5 heteroatoms. The largest absolute Gasteiger partial charge is 0.386 e. The van der Waals surface area contributed by atoms with Crippen molar-refractivity contribution < 1.29 is 14.6 Å². The normalized spacial score (nSPS) is 35.7. The lowest BCUT2D eigenvalue weighted by molar-refractivity contribution is -0.125. The Labute approximate surface area is 89.2 Å². The molecule has 2 heterocycles. The lowest BCUT2D eigenvalue weighted by Gasteiger charge is -2.21. The molecule has 0 radical (unpaired) electrons. The quantitative estimate of drug-likeness (QED) is 0.555. The number of hydrogen-bond acceptors (Lipinski definition) is 4. The van der Waals surface area contributed by atoms with Gasteiger partial charge in [0.2, 0.25) is 5.91 Å². The van der Waals surface area contributed by atoms with Gasteiger partial charge in [0.15, 0.2) is 0 Å². The minimum atomic E-state index is -0.846. The molecule has 0 aromatic rings. The Kier molecular flexibility index (Phi) is 3.23. The summed E-state index contributed by atoms with van der Waals surface area (Å²) in [7, 11) is 0. The first-order chi connectivity index (χ1) is 7.20. The molecule has 0 saturated carbocycles. The minimum absolute atomic E-state index is 0.0420. The number of ether oxygens (including phenoxy) is 1. The smallest absolute Gasteiger partial charge is 0.224 e. The number of aliphatic hydroxyl groups is 1. The standard InChI is InChI=1S/C10H18N2O3/c13-9(8-1-3-11-5-8)12-6-10(14)2-4-15-7-10/h8,11,14H,1-7H2,(H,12,13). The molecule has 0 aromatic carbocycles. The molecule has 2 rings (SSSR count). The summed E-state index contributed by atoms with van der Waals surface area (Å²) in [4.78, 5) is 11.6. The Balaban J connectivity index is 1.74. The molecule has 86 valence electrons. The Morgan fingerprint density at radius 3 is 3.13 bits per heavy atom. The van der Waals surface area contributed by atoms with Crippen LogP contribution in [-0.2, 0) is 9.53 Å². The van der Waals surface area contributed by atoms with Crippen molar-refractivity contribution in [2.45, 2.75) is 18.4 Å². The highest BCUT2D eigenvalue weighted by Crippen LogP contribution is 2.17. The van der Waals surface area contributed by atoms with E-state index in [9.17, 15) is 9.90 Å². The van der Waals surface area contributed by atoms with E-state index in [2.05, 4.69) is 10.6 Å². The molecule has 2 saturated heterocycles. The van der Waals surface area contributed by atoms with Gasteiger partial charge >= 0.3 is 0 Å². The first kappa shape index (κ1) is 10.9. The molecular weight excluding hydrogens is 196 g/mol. The van der Waals surface area contributed by atoms with Crippen LogP contribution in [0, 0.1) is 5.92 Å². The van der Waals surface area contributed by atoms with Crippen LogP contribution in [0.1, 0.15) is 12.8 Å². The van der Waals surface area contributed by atoms with Crippen molar-refractivity contribution >= 4 is 5.91 Å². The molecule has 2 aliphatic heterocycles. The van der Waals surface area contributed by atoms with E-state index in [1.165, 1.54) is 0 Å². The summed E-state index contributed by atoms with van der Waals surface area (Å²) < 4.78 is 5.10. The van der Waals surface area contributed by atoms with Crippen LogP contribution >= 0.6 is 0 Å². The predicted octanol–water partition coefficient (Wildman–Crippen LogP) is -1.14. The number of carbonyl (C=O) groups is 1. The second-order valence-corrected chi connectivity index (χ2v) is 4.43. The average molecular weight is 214 g/mol. The van der Waals surface area contributed by atoms with Crippen LogP contribution < -0.4 is 10.6 Å². The molecule has 3 N–H and O–H groups in total. The van der Waals surface area contributed by atoms with Crippen molar-refractivity contribution in [3.63, 3.8) is 0 Å². The highest BCUT2D eigenvalue weighted by Gasteiger charge is 2.33. The second-order valence-electron chi connectivity index (χ2n) is 4.43. The summed E-state index contributed by atoms with van der Waals surface area (Å²) in [5, 5.41) is 15.9. The summed E-state index contributed by atoms with van der Waals surface area (Å²) in [6.45, 7) is 2.88. The van der Waals surface area contributed by atoms with E-state index in [-0.39, 0.29) is 11.8 Å². The fourth-order valence-corrected chi connectivity index (χ4v) is 2.01. The molecule has 2 atom stereocenters. The second kappa shape index (κ2) is 4.47. The Morgan fingerprint density at radius 2 is 2.53 bits per heavy atom. The first-order valence-electron chi connectivity index (χ1n) is 5.48. The van der Waals surface area contributed by atoms with E-state index in [0.29, 0.717) is 26.2 Å². The molecule has 5 nitrogen and oxygen atoms in total. The number of hydrogen-bond donors (Lipinski definition) is 3. The fourth-order valence-electron chi connectivity index (χ4n) is 2.01. The minimum Gasteiger partial charge on any atom is -0.386 e. The van der Waals surface area contributed by atoms with Crippen molar-refractivity contribution in [2.75, 3.05) is 32.8 Å². The van der Waals surface area contributed by atoms with Crippen LogP contribution in [0.5, 0.6) is 0 Å². The Morgan fingerprint density at radius 1 is 1.67 bits per heavy atom. The molecule has 1 amide bonds. The number of carbonyl (C=O) groups excluding carboxylic acids is 1. The monoisotopic (exact) mass is 214 g/mol. The molecular formula is C10H18N2O3. The number of rotatable bonds is 3. The zero-order valence-corrected chi connectivity index (χ0v) is 8.79. The summed E-state index contributed by atoms with van der Waals surface area (Å²) in [6, 6.07) is 0. The van der Waals surface area contributed by atoms with E-state index in [0.717, 1.165) is 19.5 Å². The third-order valence-electron chi connectivity index (χ3n) is 3.11. The number of amides is 1. The van der Waals surface area contributed by atoms with Crippen LogP contribution in [0.25, 0.3) is 0 Å². The first-order valence-corrected chi connectivity index (χ1v) is 5.48. The molecule has 2 unspecified atom stereocenters. The maximum absolute atomic E-state index is 11.6. The van der Waals surface area contributed by atoms with Gasteiger partial charge in [-0.25, -0.2) is 0 Å². The Bertz CT molecular complexity index is 233. The summed E-state index contributed by atoms with van der Waals surface area (Å²) in [6.07, 6.45) is 1.50. The van der Waals surface area contributed by atoms with Gasteiger partial charge in [-0.05, 0) is 13.0 Å². The molecule has 0 aliphatic carbocycles. The highest BCUT2D eigenvalue weighted by molar-refractivity contribution is 5.79. The fraction of sp³-hybridized carbons (Fsp3) is 0.900. The van der Waals surface area contributed by atoms with Gasteiger partial charge in [-0.15, -0.1) is 0 Å². The Hall–Kier alpha value is -0.650. The van der Waals surface area contributed by atoms with Gasteiger partial charge in [0.05, 0.1) is 12.5 Å². The third kappa shape index (κ3) is 2.68. The summed E-state index contributed by atoms with van der Waals surface area (Å²) in [5.74, 6) is 0.108. The molecule has 0 aromatic heterocycles. The topological polar surface area (TPSA) is 70.6 Å². The third-order valence-corrected chi connectivity index (χ3v) is 3.11. The SMILES string of the molecule is O=C(NCC1(O)CCOC1)C1CCNC1. The van der Waals surface area contributed by atoms with Gasteiger partial charge in [0, 0.05) is 26.1 Å². The van der Waals surface area contributed by atoms with E-state index < -0.39 is 5.60 Å². The van der Waals surface area contributed by atoms with Crippen molar-refractivity contribution in [3.8, 4) is 0 Å². The summed E-state index contributed by atoms with van der Waals surface area (Å²) >= 11 is 0. The number of nitrogens with one attached hydrogen (secondary N) is 2. The zero-order chi connectivity index (χ0) is 10.7. The lowest BCUT2D eigenvalue weighted by atomic mass is 10.0. The van der Waals surface area contributed by atoms with Crippen molar-refractivity contribution in [1.82, 2.24) is 10.6 Å². The van der Waals surface area contributed by atoms with Crippen molar-refractivity contribution in [2.24, 2.45) is 5.92 Å². The predicted molar refractivity (Wildman–Crippen MR) is 54.4 cm³/mol. The van der Waals surface area contributed by atoms with E-state index in [4.69, 9.17) is 4.74 Å².